The minimum absolute atomic E-state index is 0.344. The lowest BCUT2D eigenvalue weighted by molar-refractivity contribution is -0.143. The summed E-state index contributed by atoms with van der Waals surface area (Å²) in [6.45, 7) is 0.344. The highest BCUT2D eigenvalue weighted by Gasteiger charge is 2.52. The fourth-order valence-electron chi connectivity index (χ4n) is 3.53. The number of nitrogens with zero attached hydrogens (tertiary/aromatic N) is 3. The SMILES string of the molecule is O=C(c1conc1C(F)(F)F)N1CCc2[nH]cnc2C12CCC2. The summed E-state index contributed by atoms with van der Waals surface area (Å²) in [6, 6.07) is 0. The molecule has 1 fully saturated rings. The van der Waals surface area contributed by atoms with E-state index in [1.54, 1.807) is 6.33 Å². The summed E-state index contributed by atoms with van der Waals surface area (Å²) >= 11 is 0. The summed E-state index contributed by atoms with van der Waals surface area (Å²) in [4.78, 5) is 21.6. The van der Waals surface area contributed by atoms with Crippen LogP contribution in [0.15, 0.2) is 17.1 Å². The minimum Gasteiger partial charge on any atom is -0.363 e. The molecule has 0 unspecified atom stereocenters. The van der Waals surface area contributed by atoms with E-state index in [0.29, 0.717) is 25.8 Å². The van der Waals surface area contributed by atoms with Crippen molar-refractivity contribution in [2.45, 2.75) is 37.4 Å². The van der Waals surface area contributed by atoms with Crippen LogP contribution < -0.4 is 0 Å². The van der Waals surface area contributed by atoms with Crippen LogP contribution in [0.3, 0.4) is 0 Å². The van der Waals surface area contributed by atoms with Gasteiger partial charge < -0.3 is 14.4 Å². The molecule has 1 N–H and O–H groups in total. The maximum absolute atomic E-state index is 13.0. The largest absolute Gasteiger partial charge is 0.437 e. The van der Waals surface area contributed by atoms with Gasteiger partial charge in [0, 0.05) is 18.7 Å². The van der Waals surface area contributed by atoms with Gasteiger partial charge in [0.15, 0.2) is 5.69 Å². The third-order valence-corrected chi connectivity index (χ3v) is 4.76. The van der Waals surface area contributed by atoms with E-state index in [1.807, 2.05) is 0 Å². The molecule has 9 heteroatoms. The zero-order valence-electron chi connectivity index (χ0n) is 12.0. The second-order valence-electron chi connectivity index (χ2n) is 5.90. The topological polar surface area (TPSA) is 75.0 Å². The molecule has 122 valence electrons. The summed E-state index contributed by atoms with van der Waals surface area (Å²) in [6.07, 6.45) is 0.461. The summed E-state index contributed by atoms with van der Waals surface area (Å²) < 4.78 is 43.3. The first-order valence-corrected chi connectivity index (χ1v) is 7.30. The number of amides is 1. The number of aromatic nitrogens is 3. The van der Waals surface area contributed by atoms with Gasteiger partial charge in [-0.1, -0.05) is 5.16 Å². The van der Waals surface area contributed by atoms with Gasteiger partial charge in [-0.2, -0.15) is 13.2 Å². The molecular weight excluding hydrogens is 313 g/mol. The fraction of sp³-hybridized carbons (Fsp3) is 0.500. The molecule has 0 radical (unpaired) electrons. The van der Waals surface area contributed by atoms with Crippen LogP contribution in [0.25, 0.3) is 0 Å². The normalized spacial score (nSPS) is 19.5. The number of halogens is 3. The Morgan fingerprint density at radius 3 is 2.83 bits per heavy atom. The van der Waals surface area contributed by atoms with E-state index in [9.17, 15) is 18.0 Å². The van der Waals surface area contributed by atoms with Crippen molar-refractivity contribution in [2.24, 2.45) is 0 Å². The molecular formula is C14H13F3N4O2. The van der Waals surface area contributed by atoms with Crippen molar-refractivity contribution in [3.05, 3.63) is 35.2 Å². The van der Waals surface area contributed by atoms with E-state index >= 15 is 0 Å². The minimum atomic E-state index is -4.72. The highest BCUT2D eigenvalue weighted by molar-refractivity contribution is 5.96. The number of aromatic amines is 1. The van der Waals surface area contributed by atoms with Gasteiger partial charge in [0.05, 0.1) is 17.6 Å². The Kier molecular flexibility index (Phi) is 2.85. The zero-order valence-corrected chi connectivity index (χ0v) is 12.0. The fourth-order valence-corrected chi connectivity index (χ4v) is 3.53. The maximum atomic E-state index is 13.0. The average Bonchev–Trinajstić information content (AvgIpc) is 3.11. The summed E-state index contributed by atoms with van der Waals surface area (Å²) in [7, 11) is 0. The summed E-state index contributed by atoms with van der Waals surface area (Å²) in [5.74, 6) is -0.702. The Morgan fingerprint density at radius 1 is 1.39 bits per heavy atom. The molecule has 1 aliphatic carbocycles. The van der Waals surface area contributed by atoms with Crippen molar-refractivity contribution in [3.63, 3.8) is 0 Å². The average molecular weight is 326 g/mol. The van der Waals surface area contributed by atoms with Gasteiger partial charge in [0.2, 0.25) is 0 Å². The van der Waals surface area contributed by atoms with E-state index in [2.05, 4.69) is 19.6 Å². The van der Waals surface area contributed by atoms with Crippen LogP contribution in [0.2, 0.25) is 0 Å². The molecule has 0 bridgehead atoms. The van der Waals surface area contributed by atoms with Crippen molar-refractivity contribution < 1.29 is 22.5 Å². The molecule has 1 amide bonds. The van der Waals surface area contributed by atoms with Crippen LogP contribution in [-0.4, -0.2) is 32.5 Å². The van der Waals surface area contributed by atoms with Gasteiger partial charge in [-0.3, -0.25) is 4.79 Å². The van der Waals surface area contributed by atoms with Crippen molar-refractivity contribution in [3.8, 4) is 0 Å². The van der Waals surface area contributed by atoms with Crippen molar-refractivity contribution in [1.82, 2.24) is 20.0 Å². The van der Waals surface area contributed by atoms with E-state index in [1.165, 1.54) is 4.90 Å². The number of carbonyl (C=O) groups excluding carboxylic acids is 1. The standard InChI is InChI=1S/C14H13F3N4O2/c15-14(16,17)10-8(6-23-20-10)12(22)21-5-2-9-11(19-7-18-9)13(21)3-1-4-13/h6-7H,1-5H2,(H,18,19). The Balaban J connectivity index is 1.74. The number of hydrogen-bond acceptors (Lipinski definition) is 4. The highest BCUT2D eigenvalue weighted by atomic mass is 19.4. The van der Waals surface area contributed by atoms with Gasteiger partial charge in [0.25, 0.3) is 5.91 Å². The molecule has 0 saturated heterocycles. The van der Waals surface area contributed by atoms with Crippen LogP contribution in [0, 0.1) is 0 Å². The molecule has 1 spiro atoms. The first kappa shape index (κ1) is 14.3. The quantitative estimate of drug-likeness (QED) is 0.874. The number of nitrogens with one attached hydrogen (secondary N) is 1. The van der Waals surface area contributed by atoms with Crippen LogP contribution in [-0.2, 0) is 18.1 Å². The Bertz CT molecular complexity index is 760. The summed E-state index contributed by atoms with van der Waals surface area (Å²) in [5, 5.41) is 2.96. The number of hydrogen-bond donors (Lipinski definition) is 1. The van der Waals surface area contributed by atoms with E-state index in [4.69, 9.17) is 0 Å². The number of carbonyl (C=O) groups is 1. The lowest BCUT2D eigenvalue weighted by atomic mass is 9.70. The van der Waals surface area contributed by atoms with Gasteiger partial charge in [-0.25, -0.2) is 4.98 Å². The van der Waals surface area contributed by atoms with Crippen LogP contribution in [0.5, 0.6) is 0 Å². The molecule has 23 heavy (non-hydrogen) atoms. The van der Waals surface area contributed by atoms with Crippen molar-refractivity contribution in [2.75, 3.05) is 6.54 Å². The molecule has 3 heterocycles. The van der Waals surface area contributed by atoms with E-state index < -0.39 is 28.9 Å². The Morgan fingerprint density at radius 2 is 2.17 bits per heavy atom. The van der Waals surface area contributed by atoms with Crippen LogP contribution in [0.1, 0.15) is 46.7 Å². The molecule has 2 aromatic rings. The zero-order chi connectivity index (χ0) is 16.2. The first-order chi connectivity index (χ1) is 10.9. The van der Waals surface area contributed by atoms with Gasteiger partial charge in [0.1, 0.15) is 11.8 Å². The van der Waals surface area contributed by atoms with E-state index in [0.717, 1.165) is 24.1 Å². The predicted octanol–water partition coefficient (Wildman–Crippen LogP) is 2.49. The molecule has 0 atom stereocenters. The number of imidazole rings is 1. The molecule has 1 saturated carbocycles. The lowest BCUT2D eigenvalue weighted by Crippen LogP contribution is -2.57. The highest BCUT2D eigenvalue weighted by Crippen LogP contribution is 2.49. The Hall–Kier alpha value is -2.32. The smallest absolute Gasteiger partial charge is 0.363 e. The van der Waals surface area contributed by atoms with Gasteiger partial charge in [-0.15, -0.1) is 0 Å². The van der Waals surface area contributed by atoms with Crippen LogP contribution >= 0.6 is 0 Å². The second kappa shape index (κ2) is 4.59. The molecule has 2 aromatic heterocycles. The third-order valence-electron chi connectivity index (χ3n) is 4.76. The third kappa shape index (κ3) is 1.91. The lowest BCUT2D eigenvalue weighted by Gasteiger charge is -2.51. The van der Waals surface area contributed by atoms with Crippen LogP contribution in [0.4, 0.5) is 13.2 Å². The first-order valence-electron chi connectivity index (χ1n) is 7.30. The number of rotatable bonds is 1. The molecule has 2 aliphatic rings. The van der Waals surface area contributed by atoms with Crippen molar-refractivity contribution >= 4 is 5.91 Å². The number of H-pyrrole nitrogens is 1. The Labute approximate surface area is 128 Å². The van der Waals surface area contributed by atoms with E-state index in [-0.39, 0.29) is 0 Å². The second-order valence-corrected chi connectivity index (χ2v) is 5.90. The molecule has 6 nitrogen and oxygen atoms in total. The van der Waals surface area contributed by atoms with Gasteiger partial charge >= 0.3 is 6.18 Å². The number of alkyl halides is 3. The van der Waals surface area contributed by atoms with Crippen molar-refractivity contribution in [1.29, 1.82) is 0 Å². The maximum Gasteiger partial charge on any atom is 0.437 e. The molecule has 0 aromatic carbocycles. The monoisotopic (exact) mass is 326 g/mol. The van der Waals surface area contributed by atoms with Gasteiger partial charge in [-0.05, 0) is 19.3 Å². The summed E-state index contributed by atoms with van der Waals surface area (Å²) in [5.41, 5.74) is -0.693. The molecule has 4 rings (SSSR count). The number of fused-ring (bicyclic) bond motifs is 2. The molecule has 1 aliphatic heterocycles. The predicted molar refractivity (Wildman–Crippen MR) is 70.4 cm³/mol.